The lowest BCUT2D eigenvalue weighted by Gasteiger charge is -2.08. The van der Waals surface area contributed by atoms with E-state index in [-0.39, 0.29) is 0 Å². The molecule has 0 bridgehead atoms. The van der Waals surface area contributed by atoms with Crippen molar-refractivity contribution < 1.29 is 0 Å². The highest BCUT2D eigenvalue weighted by Crippen LogP contribution is 2.28. The van der Waals surface area contributed by atoms with E-state index in [1.54, 1.807) is 0 Å². The quantitative estimate of drug-likeness (QED) is 0.721. The lowest BCUT2D eigenvalue weighted by molar-refractivity contribution is 0.463. The molecule has 2 N–H and O–H groups in total. The number of nitrogens with zero attached hydrogens (tertiary/aromatic N) is 2. The molecule has 1 aliphatic rings. The van der Waals surface area contributed by atoms with Gasteiger partial charge >= 0.3 is 0 Å². The summed E-state index contributed by atoms with van der Waals surface area (Å²) in [4.78, 5) is 0. The summed E-state index contributed by atoms with van der Waals surface area (Å²) in [7, 11) is 0. The maximum Gasteiger partial charge on any atom is 0.0760 e. The molecule has 0 saturated heterocycles. The third-order valence-corrected chi connectivity index (χ3v) is 2.57. The molecule has 2 rings (SSSR count). The Kier molecular flexibility index (Phi) is 2.13. The second-order valence-corrected chi connectivity index (χ2v) is 3.43. The van der Waals surface area contributed by atoms with Crippen LogP contribution in [0.4, 0.5) is 0 Å². The first kappa shape index (κ1) is 7.80. The van der Waals surface area contributed by atoms with Gasteiger partial charge in [-0.25, -0.2) is 0 Å². The van der Waals surface area contributed by atoms with E-state index in [1.165, 1.54) is 25.7 Å². The predicted octanol–water partition coefficient (Wildman–Crippen LogP) is 1.46. The number of rotatable bonds is 2. The number of nitrogens with two attached hydrogens (primary N) is 1. The normalized spacial score (nSPS) is 18.8. The van der Waals surface area contributed by atoms with Crippen LogP contribution in [0, 0.1) is 0 Å². The Morgan fingerprint density at radius 2 is 2.25 bits per heavy atom. The van der Waals surface area contributed by atoms with Gasteiger partial charge in [-0.2, -0.15) is 5.10 Å². The molecule has 12 heavy (non-hydrogen) atoms. The smallest absolute Gasteiger partial charge is 0.0760 e. The van der Waals surface area contributed by atoms with Gasteiger partial charge in [-0.15, -0.1) is 0 Å². The summed E-state index contributed by atoms with van der Waals surface area (Å²) in [5, 5.41) is 4.40. The van der Waals surface area contributed by atoms with Gasteiger partial charge in [0.2, 0.25) is 0 Å². The fourth-order valence-corrected chi connectivity index (χ4v) is 1.86. The highest BCUT2D eigenvalue weighted by Gasteiger charge is 2.16. The van der Waals surface area contributed by atoms with Crippen LogP contribution in [0.25, 0.3) is 0 Å². The standard InChI is InChI=1S/C9H15N3/c10-7-8-5-6-12(11-8)9-3-1-2-4-9/h5-6,9H,1-4,7,10H2. The van der Waals surface area contributed by atoms with Gasteiger partial charge in [0, 0.05) is 12.7 Å². The van der Waals surface area contributed by atoms with Crippen LogP contribution in [0.15, 0.2) is 12.3 Å². The van der Waals surface area contributed by atoms with E-state index < -0.39 is 0 Å². The van der Waals surface area contributed by atoms with E-state index >= 15 is 0 Å². The van der Waals surface area contributed by atoms with Gasteiger partial charge in [0.25, 0.3) is 0 Å². The van der Waals surface area contributed by atoms with Gasteiger partial charge in [0.1, 0.15) is 0 Å². The van der Waals surface area contributed by atoms with Gasteiger partial charge in [-0.1, -0.05) is 12.8 Å². The first-order chi connectivity index (χ1) is 5.90. The minimum atomic E-state index is 0.555. The van der Waals surface area contributed by atoms with E-state index in [2.05, 4.69) is 16.0 Å². The van der Waals surface area contributed by atoms with E-state index in [9.17, 15) is 0 Å². The van der Waals surface area contributed by atoms with Crippen molar-refractivity contribution in [2.45, 2.75) is 38.3 Å². The van der Waals surface area contributed by atoms with Crippen LogP contribution in [0.3, 0.4) is 0 Å². The monoisotopic (exact) mass is 165 g/mol. The average Bonchev–Trinajstić information content (AvgIpc) is 2.75. The molecule has 1 fully saturated rings. The predicted molar refractivity (Wildman–Crippen MR) is 47.6 cm³/mol. The summed E-state index contributed by atoms with van der Waals surface area (Å²) in [6.07, 6.45) is 7.32. The van der Waals surface area contributed by atoms with Crippen molar-refractivity contribution in [3.63, 3.8) is 0 Å². The Labute approximate surface area is 72.6 Å². The zero-order valence-electron chi connectivity index (χ0n) is 7.24. The maximum atomic E-state index is 5.49. The maximum absolute atomic E-state index is 5.49. The Hall–Kier alpha value is -0.830. The molecule has 1 aromatic rings. The highest BCUT2D eigenvalue weighted by molar-refractivity contribution is 4.99. The lowest BCUT2D eigenvalue weighted by atomic mass is 10.3. The van der Waals surface area contributed by atoms with Crippen LogP contribution in [-0.2, 0) is 6.54 Å². The Bertz CT molecular complexity index is 248. The van der Waals surface area contributed by atoms with E-state index in [1.807, 2.05) is 6.07 Å². The summed E-state index contributed by atoms with van der Waals surface area (Å²) in [5.74, 6) is 0. The zero-order chi connectivity index (χ0) is 8.39. The number of aromatic nitrogens is 2. The molecule has 1 aromatic heterocycles. The summed E-state index contributed by atoms with van der Waals surface area (Å²) < 4.78 is 2.08. The molecule has 0 aliphatic heterocycles. The second kappa shape index (κ2) is 3.27. The molecule has 1 heterocycles. The number of hydrogen-bond donors (Lipinski definition) is 1. The molecule has 1 aliphatic carbocycles. The van der Waals surface area contributed by atoms with Crippen LogP contribution in [-0.4, -0.2) is 9.78 Å². The lowest BCUT2D eigenvalue weighted by Crippen LogP contribution is -2.06. The molecule has 3 heteroatoms. The van der Waals surface area contributed by atoms with Crippen LogP contribution in [0.1, 0.15) is 37.4 Å². The van der Waals surface area contributed by atoms with Crippen molar-refractivity contribution in [1.82, 2.24) is 9.78 Å². The molecule has 0 radical (unpaired) electrons. The minimum Gasteiger partial charge on any atom is -0.325 e. The SMILES string of the molecule is NCc1ccn(C2CCCC2)n1. The van der Waals surface area contributed by atoms with Crippen molar-refractivity contribution in [2.24, 2.45) is 5.73 Å². The molecule has 66 valence electrons. The third-order valence-electron chi connectivity index (χ3n) is 2.57. The van der Waals surface area contributed by atoms with E-state index in [0.29, 0.717) is 12.6 Å². The Morgan fingerprint density at radius 1 is 1.50 bits per heavy atom. The molecule has 1 saturated carbocycles. The summed E-state index contributed by atoms with van der Waals surface area (Å²) in [5.41, 5.74) is 6.49. The Morgan fingerprint density at radius 3 is 2.83 bits per heavy atom. The average molecular weight is 165 g/mol. The van der Waals surface area contributed by atoms with Crippen LogP contribution in [0.5, 0.6) is 0 Å². The minimum absolute atomic E-state index is 0.555. The first-order valence-electron chi connectivity index (χ1n) is 4.64. The molecule has 0 amide bonds. The molecule has 3 nitrogen and oxygen atoms in total. The molecule has 0 spiro atoms. The largest absolute Gasteiger partial charge is 0.325 e. The van der Waals surface area contributed by atoms with Gasteiger partial charge in [0.15, 0.2) is 0 Å². The third kappa shape index (κ3) is 1.37. The first-order valence-corrected chi connectivity index (χ1v) is 4.64. The van der Waals surface area contributed by atoms with Crippen molar-refractivity contribution in [3.05, 3.63) is 18.0 Å². The zero-order valence-corrected chi connectivity index (χ0v) is 7.24. The van der Waals surface area contributed by atoms with Gasteiger partial charge in [-0.05, 0) is 18.9 Å². The fourth-order valence-electron chi connectivity index (χ4n) is 1.86. The van der Waals surface area contributed by atoms with Crippen molar-refractivity contribution in [3.8, 4) is 0 Å². The summed E-state index contributed by atoms with van der Waals surface area (Å²) in [6, 6.07) is 2.66. The molecule has 0 aromatic carbocycles. The van der Waals surface area contributed by atoms with Crippen LogP contribution >= 0.6 is 0 Å². The van der Waals surface area contributed by atoms with E-state index in [0.717, 1.165) is 5.69 Å². The van der Waals surface area contributed by atoms with Crippen LogP contribution in [0.2, 0.25) is 0 Å². The second-order valence-electron chi connectivity index (χ2n) is 3.43. The molecule has 0 atom stereocenters. The topological polar surface area (TPSA) is 43.8 Å². The van der Waals surface area contributed by atoms with Crippen molar-refractivity contribution >= 4 is 0 Å². The van der Waals surface area contributed by atoms with Gasteiger partial charge in [0.05, 0.1) is 11.7 Å². The van der Waals surface area contributed by atoms with E-state index in [4.69, 9.17) is 5.73 Å². The summed E-state index contributed by atoms with van der Waals surface area (Å²) >= 11 is 0. The Balaban J connectivity index is 2.11. The van der Waals surface area contributed by atoms with Crippen LogP contribution < -0.4 is 5.73 Å². The molecular weight excluding hydrogens is 150 g/mol. The number of hydrogen-bond acceptors (Lipinski definition) is 2. The fraction of sp³-hybridized carbons (Fsp3) is 0.667. The van der Waals surface area contributed by atoms with Gasteiger partial charge < -0.3 is 5.73 Å². The van der Waals surface area contributed by atoms with Gasteiger partial charge in [-0.3, -0.25) is 4.68 Å². The molecule has 0 unspecified atom stereocenters. The molecular formula is C9H15N3. The summed E-state index contributed by atoms with van der Waals surface area (Å²) in [6.45, 7) is 0.555. The van der Waals surface area contributed by atoms with Crippen molar-refractivity contribution in [1.29, 1.82) is 0 Å². The highest BCUT2D eigenvalue weighted by atomic mass is 15.3. The van der Waals surface area contributed by atoms with Crippen molar-refractivity contribution in [2.75, 3.05) is 0 Å².